The summed E-state index contributed by atoms with van der Waals surface area (Å²) in [6.45, 7) is 3.89. The number of benzene rings is 3. The second-order valence-electron chi connectivity index (χ2n) is 6.38. The number of aryl methyl sites for hydroxylation is 1. The average molecular weight is 315 g/mol. The van der Waals surface area contributed by atoms with E-state index < -0.39 is 0 Å². The zero-order valence-electron chi connectivity index (χ0n) is 13.9. The van der Waals surface area contributed by atoms with Gasteiger partial charge >= 0.3 is 0 Å². The van der Waals surface area contributed by atoms with Crippen LogP contribution in [0.3, 0.4) is 0 Å². The maximum Gasteiger partial charge on any atom is 0.179 e. The summed E-state index contributed by atoms with van der Waals surface area (Å²) in [7, 11) is 0. The van der Waals surface area contributed by atoms with Gasteiger partial charge in [0.2, 0.25) is 0 Å². The lowest BCUT2D eigenvalue weighted by atomic mass is 10.0. The zero-order valence-corrected chi connectivity index (χ0v) is 13.9. The summed E-state index contributed by atoms with van der Waals surface area (Å²) in [5.74, 6) is 0.999. The van der Waals surface area contributed by atoms with E-state index in [0.29, 0.717) is 0 Å². The molecule has 1 atom stereocenters. The third kappa shape index (κ3) is 3.06. The molecule has 3 aromatic rings. The highest BCUT2D eigenvalue weighted by Crippen LogP contribution is 2.36. The smallest absolute Gasteiger partial charge is 0.179 e. The normalized spacial score (nSPS) is 17.1. The number of fused-ring (bicyclic) bond motifs is 1. The van der Waals surface area contributed by atoms with Crippen LogP contribution < -0.4 is 4.74 Å². The Morgan fingerprint density at radius 3 is 2.38 bits per heavy atom. The van der Waals surface area contributed by atoms with E-state index in [1.54, 1.807) is 0 Å². The minimum absolute atomic E-state index is 0.0541. The lowest BCUT2D eigenvalue weighted by molar-refractivity contribution is -0.00893. The highest BCUT2D eigenvalue weighted by molar-refractivity contribution is 5.39. The van der Waals surface area contributed by atoms with E-state index in [-0.39, 0.29) is 6.23 Å². The van der Waals surface area contributed by atoms with Crippen molar-refractivity contribution in [2.45, 2.75) is 26.2 Å². The molecule has 0 aliphatic carbocycles. The Bertz CT molecular complexity index is 814. The van der Waals surface area contributed by atoms with Crippen molar-refractivity contribution >= 4 is 0 Å². The lowest BCUT2D eigenvalue weighted by Crippen LogP contribution is -2.35. The Labute approximate surface area is 143 Å². The van der Waals surface area contributed by atoms with Crippen molar-refractivity contribution in [3.05, 3.63) is 101 Å². The molecular formula is C22H21NO. The molecule has 0 bridgehead atoms. The molecule has 1 aliphatic heterocycles. The summed E-state index contributed by atoms with van der Waals surface area (Å²) in [5.41, 5.74) is 5.03. The predicted octanol–water partition coefficient (Wildman–Crippen LogP) is 5.09. The zero-order chi connectivity index (χ0) is 16.4. The van der Waals surface area contributed by atoms with Crippen LogP contribution in [0, 0.1) is 6.92 Å². The van der Waals surface area contributed by atoms with E-state index in [1.165, 1.54) is 22.3 Å². The Balaban J connectivity index is 1.70. The molecule has 1 heterocycles. The summed E-state index contributed by atoms with van der Waals surface area (Å²) in [4.78, 5) is 2.40. The van der Waals surface area contributed by atoms with Gasteiger partial charge in [0, 0.05) is 24.2 Å². The summed E-state index contributed by atoms with van der Waals surface area (Å²) in [6.07, 6.45) is -0.0541. The van der Waals surface area contributed by atoms with Crippen LogP contribution >= 0.6 is 0 Å². The topological polar surface area (TPSA) is 12.5 Å². The first-order chi connectivity index (χ1) is 11.8. The molecule has 2 heteroatoms. The van der Waals surface area contributed by atoms with Crippen LogP contribution in [0.1, 0.15) is 28.5 Å². The largest absolute Gasteiger partial charge is 0.471 e. The molecule has 3 aromatic carbocycles. The van der Waals surface area contributed by atoms with Gasteiger partial charge in [-0.2, -0.15) is 0 Å². The van der Waals surface area contributed by atoms with Crippen molar-refractivity contribution in [2.75, 3.05) is 0 Å². The molecule has 4 rings (SSSR count). The van der Waals surface area contributed by atoms with Crippen LogP contribution in [0.2, 0.25) is 0 Å². The maximum atomic E-state index is 6.38. The highest BCUT2D eigenvalue weighted by atomic mass is 16.5. The van der Waals surface area contributed by atoms with Gasteiger partial charge in [0.1, 0.15) is 5.75 Å². The van der Waals surface area contributed by atoms with Gasteiger partial charge in [0.05, 0.1) is 0 Å². The van der Waals surface area contributed by atoms with E-state index in [2.05, 4.69) is 84.6 Å². The Morgan fingerprint density at radius 1 is 0.917 bits per heavy atom. The first kappa shape index (κ1) is 15.0. The van der Waals surface area contributed by atoms with E-state index >= 15 is 0 Å². The predicted molar refractivity (Wildman–Crippen MR) is 96.7 cm³/mol. The van der Waals surface area contributed by atoms with Crippen LogP contribution in [-0.4, -0.2) is 4.90 Å². The van der Waals surface area contributed by atoms with Gasteiger partial charge in [-0.3, -0.25) is 4.90 Å². The second-order valence-corrected chi connectivity index (χ2v) is 6.38. The van der Waals surface area contributed by atoms with Crippen molar-refractivity contribution in [1.29, 1.82) is 0 Å². The van der Waals surface area contributed by atoms with Gasteiger partial charge in [-0.1, -0.05) is 78.4 Å². The minimum Gasteiger partial charge on any atom is -0.471 e. The molecule has 2 nitrogen and oxygen atoms in total. The fraction of sp³-hybridized carbons (Fsp3) is 0.182. The third-order valence-electron chi connectivity index (χ3n) is 4.47. The standard InChI is InChI=1S/C22H21NO/c1-17-12-13-21-20(14-17)16-23(15-18-8-4-2-5-9-18)22(24-21)19-10-6-3-7-11-19/h2-14,22H,15-16H2,1H3. The molecule has 0 fully saturated rings. The molecule has 0 amide bonds. The van der Waals surface area contributed by atoms with Gasteiger partial charge in [0.15, 0.2) is 6.23 Å². The van der Waals surface area contributed by atoms with Crippen molar-refractivity contribution in [3.8, 4) is 5.75 Å². The van der Waals surface area contributed by atoms with Gasteiger partial charge < -0.3 is 4.74 Å². The van der Waals surface area contributed by atoms with Gasteiger partial charge in [-0.15, -0.1) is 0 Å². The van der Waals surface area contributed by atoms with Crippen molar-refractivity contribution in [2.24, 2.45) is 0 Å². The Kier molecular flexibility index (Phi) is 4.06. The summed E-state index contributed by atoms with van der Waals surface area (Å²) < 4.78 is 6.38. The molecule has 1 aliphatic rings. The molecule has 0 saturated carbocycles. The average Bonchev–Trinajstić information content (AvgIpc) is 2.63. The monoisotopic (exact) mass is 315 g/mol. The molecular weight excluding hydrogens is 294 g/mol. The molecule has 0 aromatic heterocycles. The molecule has 120 valence electrons. The van der Waals surface area contributed by atoms with Gasteiger partial charge in [-0.25, -0.2) is 0 Å². The molecule has 24 heavy (non-hydrogen) atoms. The van der Waals surface area contributed by atoms with Crippen LogP contribution in [0.4, 0.5) is 0 Å². The van der Waals surface area contributed by atoms with Crippen LogP contribution in [0.5, 0.6) is 5.75 Å². The number of hydrogen-bond donors (Lipinski definition) is 0. The highest BCUT2D eigenvalue weighted by Gasteiger charge is 2.28. The Hall–Kier alpha value is -2.58. The van der Waals surface area contributed by atoms with Crippen molar-refractivity contribution in [3.63, 3.8) is 0 Å². The number of nitrogens with zero attached hydrogens (tertiary/aromatic N) is 1. The van der Waals surface area contributed by atoms with Crippen LogP contribution in [0.15, 0.2) is 78.9 Å². The fourth-order valence-electron chi connectivity index (χ4n) is 3.30. The van der Waals surface area contributed by atoms with Gasteiger partial charge in [-0.05, 0) is 18.6 Å². The minimum atomic E-state index is -0.0541. The molecule has 0 radical (unpaired) electrons. The van der Waals surface area contributed by atoms with Crippen LogP contribution in [0.25, 0.3) is 0 Å². The van der Waals surface area contributed by atoms with Gasteiger partial charge in [0.25, 0.3) is 0 Å². The summed E-state index contributed by atoms with van der Waals surface area (Å²) >= 11 is 0. The quantitative estimate of drug-likeness (QED) is 0.667. The van der Waals surface area contributed by atoms with E-state index in [9.17, 15) is 0 Å². The van der Waals surface area contributed by atoms with E-state index in [4.69, 9.17) is 4.74 Å². The lowest BCUT2D eigenvalue weighted by Gasteiger charge is -2.37. The molecule has 0 spiro atoms. The number of rotatable bonds is 3. The van der Waals surface area contributed by atoms with E-state index in [0.717, 1.165) is 18.8 Å². The first-order valence-corrected chi connectivity index (χ1v) is 8.39. The van der Waals surface area contributed by atoms with E-state index in [1.807, 2.05) is 6.07 Å². The second kappa shape index (κ2) is 6.50. The third-order valence-corrected chi connectivity index (χ3v) is 4.47. The maximum absolute atomic E-state index is 6.38. The molecule has 0 N–H and O–H groups in total. The Morgan fingerprint density at radius 2 is 1.62 bits per heavy atom. The molecule has 0 saturated heterocycles. The van der Waals surface area contributed by atoms with Crippen molar-refractivity contribution in [1.82, 2.24) is 4.90 Å². The molecule has 1 unspecified atom stereocenters. The first-order valence-electron chi connectivity index (χ1n) is 8.39. The summed E-state index contributed by atoms with van der Waals surface area (Å²) in [6, 6.07) is 27.5. The van der Waals surface area contributed by atoms with Crippen LogP contribution in [-0.2, 0) is 13.1 Å². The summed E-state index contributed by atoms with van der Waals surface area (Å²) in [5, 5.41) is 0. The SMILES string of the molecule is Cc1ccc2c(c1)CN(Cc1ccccc1)C(c1ccccc1)O2. The number of ether oxygens (including phenoxy) is 1. The number of hydrogen-bond acceptors (Lipinski definition) is 2. The fourth-order valence-corrected chi connectivity index (χ4v) is 3.30. The van der Waals surface area contributed by atoms with Crippen molar-refractivity contribution < 1.29 is 4.74 Å².